The Bertz CT molecular complexity index is 1270. The number of aliphatic hydroxyl groups is 1. The zero-order valence-electron chi connectivity index (χ0n) is 16.2. The van der Waals surface area contributed by atoms with Crippen molar-refractivity contribution in [2.24, 2.45) is 0 Å². The van der Waals surface area contributed by atoms with Crippen LogP contribution in [0.2, 0.25) is 5.02 Å². The highest BCUT2D eigenvalue weighted by atomic mass is 35.5. The molecule has 1 saturated heterocycles. The van der Waals surface area contributed by atoms with Crippen molar-refractivity contribution in [1.82, 2.24) is 0 Å². The standard InChI is InChI=1S/C23H14ClFN2O5/c24-14-7-5-13(6-8-14)21(28)19-20(17-3-1-2-4-18(17)27(31)32)26(23(30)22(19)29)16-11-9-15(25)10-12-16/h1-12,20,28H/b21-19+. The number of nitro benzene ring substituents is 1. The van der Waals surface area contributed by atoms with Gasteiger partial charge in [0.05, 0.1) is 16.1 Å². The molecule has 1 amide bonds. The number of amides is 1. The first-order valence-corrected chi connectivity index (χ1v) is 9.73. The quantitative estimate of drug-likeness (QED) is 0.197. The van der Waals surface area contributed by atoms with Crippen LogP contribution in [0, 0.1) is 15.9 Å². The van der Waals surface area contributed by atoms with Crippen molar-refractivity contribution in [3.05, 3.63) is 110 Å². The van der Waals surface area contributed by atoms with Gasteiger partial charge in [0.15, 0.2) is 0 Å². The summed E-state index contributed by atoms with van der Waals surface area (Å²) in [5.74, 6) is -3.10. The van der Waals surface area contributed by atoms with Crippen molar-refractivity contribution in [2.75, 3.05) is 4.90 Å². The molecule has 1 aliphatic rings. The summed E-state index contributed by atoms with van der Waals surface area (Å²) in [5.41, 5.74) is -0.289. The van der Waals surface area contributed by atoms with Gasteiger partial charge in [-0.1, -0.05) is 23.7 Å². The fourth-order valence-corrected chi connectivity index (χ4v) is 3.77. The lowest BCUT2D eigenvalue weighted by atomic mass is 9.94. The molecule has 0 aromatic heterocycles. The van der Waals surface area contributed by atoms with E-state index < -0.39 is 34.2 Å². The van der Waals surface area contributed by atoms with Gasteiger partial charge in [0.25, 0.3) is 17.4 Å². The summed E-state index contributed by atoms with van der Waals surface area (Å²) in [6.07, 6.45) is 0. The van der Waals surface area contributed by atoms with Crippen LogP contribution in [0.4, 0.5) is 15.8 Å². The number of Topliss-reactive ketones (excluding diaryl/α,β-unsaturated/α-hetero) is 1. The molecule has 4 rings (SSSR count). The van der Waals surface area contributed by atoms with Crippen LogP contribution < -0.4 is 4.90 Å². The number of nitro groups is 1. The molecule has 1 unspecified atom stereocenters. The van der Waals surface area contributed by atoms with E-state index in [2.05, 4.69) is 0 Å². The first-order valence-electron chi connectivity index (χ1n) is 9.35. The van der Waals surface area contributed by atoms with E-state index in [0.29, 0.717) is 5.02 Å². The van der Waals surface area contributed by atoms with Crippen molar-refractivity contribution in [3.8, 4) is 0 Å². The molecule has 1 atom stereocenters. The zero-order chi connectivity index (χ0) is 23.0. The predicted octanol–water partition coefficient (Wildman–Crippen LogP) is 5.01. The van der Waals surface area contributed by atoms with Crippen LogP contribution in [0.3, 0.4) is 0 Å². The van der Waals surface area contributed by atoms with Crippen LogP contribution >= 0.6 is 11.6 Å². The maximum atomic E-state index is 13.5. The average molecular weight is 453 g/mol. The Morgan fingerprint density at radius 3 is 2.25 bits per heavy atom. The summed E-state index contributed by atoms with van der Waals surface area (Å²) in [6.45, 7) is 0. The molecule has 160 valence electrons. The van der Waals surface area contributed by atoms with E-state index in [1.54, 1.807) is 0 Å². The van der Waals surface area contributed by atoms with Crippen LogP contribution in [-0.2, 0) is 9.59 Å². The fourth-order valence-electron chi connectivity index (χ4n) is 3.64. The summed E-state index contributed by atoms with van der Waals surface area (Å²) in [7, 11) is 0. The molecule has 0 spiro atoms. The molecule has 3 aromatic carbocycles. The molecule has 0 radical (unpaired) electrons. The number of carbonyl (C=O) groups is 2. The van der Waals surface area contributed by atoms with Gasteiger partial charge in [0.1, 0.15) is 17.6 Å². The highest BCUT2D eigenvalue weighted by molar-refractivity contribution is 6.51. The lowest BCUT2D eigenvalue weighted by molar-refractivity contribution is -0.385. The molecule has 9 heteroatoms. The van der Waals surface area contributed by atoms with E-state index in [9.17, 15) is 29.2 Å². The van der Waals surface area contributed by atoms with E-state index in [4.69, 9.17) is 11.6 Å². The normalized spacial score (nSPS) is 17.6. The minimum absolute atomic E-state index is 0.0246. The lowest BCUT2D eigenvalue weighted by Gasteiger charge is -2.25. The van der Waals surface area contributed by atoms with Crippen molar-refractivity contribution < 1.29 is 24.0 Å². The summed E-state index contributed by atoms with van der Waals surface area (Å²) in [4.78, 5) is 38.1. The molecule has 0 bridgehead atoms. The number of rotatable bonds is 4. The molecule has 0 aliphatic carbocycles. The number of benzene rings is 3. The molecular weight excluding hydrogens is 439 g/mol. The fraction of sp³-hybridized carbons (Fsp3) is 0.0435. The van der Waals surface area contributed by atoms with Gasteiger partial charge < -0.3 is 5.11 Å². The summed E-state index contributed by atoms with van der Waals surface area (Å²) < 4.78 is 13.5. The number of carbonyl (C=O) groups excluding carboxylic acids is 2. The number of aliphatic hydroxyl groups excluding tert-OH is 1. The Morgan fingerprint density at radius 1 is 1.00 bits per heavy atom. The Morgan fingerprint density at radius 2 is 1.62 bits per heavy atom. The van der Waals surface area contributed by atoms with Crippen molar-refractivity contribution in [2.45, 2.75) is 6.04 Å². The maximum absolute atomic E-state index is 13.5. The Balaban J connectivity index is 2.00. The van der Waals surface area contributed by atoms with Crippen LogP contribution in [0.1, 0.15) is 17.2 Å². The summed E-state index contributed by atoms with van der Waals surface area (Å²) in [6, 6.07) is 15.0. The van der Waals surface area contributed by atoms with Crippen LogP contribution in [-0.4, -0.2) is 21.7 Å². The Labute approximate surface area is 186 Å². The Kier molecular flexibility index (Phi) is 5.46. The van der Waals surface area contributed by atoms with Crippen molar-refractivity contribution in [3.63, 3.8) is 0 Å². The van der Waals surface area contributed by atoms with E-state index in [-0.39, 0.29) is 28.1 Å². The van der Waals surface area contributed by atoms with E-state index >= 15 is 0 Å². The summed E-state index contributed by atoms with van der Waals surface area (Å²) in [5, 5.41) is 23.1. The van der Waals surface area contributed by atoms with E-state index in [1.165, 1.54) is 60.7 Å². The van der Waals surface area contributed by atoms with E-state index in [1.807, 2.05) is 0 Å². The molecule has 1 N–H and O–H groups in total. The average Bonchev–Trinajstić information content (AvgIpc) is 3.05. The third kappa shape index (κ3) is 3.61. The van der Waals surface area contributed by atoms with Crippen LogP contribution in [0.5, 0.6) is 0 Å². The van der Waals surface area contributed by atoms with Gasteiger partial charge in [-0.2, -0.15) is 0 Å². The minimum atomic E-state index is -1.31. The SMILES string of the molecule is O=C1C(=O)N(c2ccc(F)cc2)C(c2ccccc2[N+](=O)[O-])/C1=C(\O)c1ccc(Cl)cc1. The van der Waals surface area contributed by atoms with Crippen molar-refractivity contribution in [1.29, 1.82) is 0 Å². The van der Waals surface area contributed by atoms with Crippen molar-refractivity contribution >= 4 is 40.4 Å². The summed E-state index contributed by atoms with van der Waals surface area (Å²) >= 11 is 5.89. The predicted molar refractivity (Wildman–Crippen MR) is 116 cm³/mol. The van der Waals surface area contributed by atoms with Gasteiger partial charge in [-0.05, 0) is 54.6 Å². The molecule has 3 aromatic rings. The van der Waals surface area contributed by atoms with Gasteiger partial charge in [-0.15, -0.1) is 0 Å². The topological polar surface area (TPSA) is 101 Å². The second kappa shape index (κ2) is 8.24. The number of anilines is 1. The van der Waals surface area contributed by atoms with Gasteiger partial charge in [-0.3, -0.25) is 24.6 Å². The smallest absolute Gasteiger partial charge is 0.300 e. The van der Waals surface area contributed by atoms with Gasteiger partial charge in [0, 0.05) is 22.3 Å². The molecule has 1 aliphatic heterocycles. The zero-order valence-corrected chi connectivity index (χ0v) is 17.0. The molecular formula is C23H14ClFN2O5. The van der Waals surface area contributed by atoms with Gasteiger partial charge >= 0.3 is 0 Å². The number of nitrogens with zero attached hydrogens (tertiary/aromatic N) is 2. The molecule has 0 saturated carbocycles. The monoisotopic (exact) mass is 452 g/mol. The number of para-hydroxylation sites is 1. The molecule has 1 heterocycles. The third-order valence-electron chi connectivity index (χ3n) is 5.09. The highest BCUT2D eigenvalue weighted by Crippen LogP contribution is 2.44. The largest absolute Gasteiger partial charge is 0.507 e. The third-order valence-corrected chi connectivity index (χ3v) is 5.35. The van der Waals surface area contributed by atoms with Crippen LogP contribution in [0.15, 0.2) is 78.4 Å². The molecule has 7 nitrogen and oxygen atoms in total. The van der Waals surface area contributed by atoms with E-state index in [0.717, 1.165) is 17.0 Å². The van der Waals surface area contributed by atoms with Gasteiger partial charge in [0.2, 0.25) is 0 Å². The number of hydrogen-bond donors (Lipinski definition) is 1. The minimum Gasteiger partial charge on any atom is -0.507 e. The van der Waals surface area contributed by atoms with Crippen LogP contribution in [0.25, 0.3) is 5.76 Å². The first kappa shape index (κ1) is 21.2. The maximum Gasteiger partial charge on any atom is 0.300 e. The molecule has 1 fully saturated rings. The van der Waals surface area contributed by atoms with Gasteiger partial charge in [-0.25, -0.2) is 4.39 Å². The number of ketones is 1. The molecule has 32 heavy (non-hydrogen) atoms. The number of halogens is 2. The highest BCUT2D eigenvalue weighted by Gasteiger charge is 2.48. The Hall–Kier alpha value is -4.04. The second-order valence-electron chi connectivity index (χ2n) is 6.97. The first-order chi connectivity index (χ1) is 15.3. The second-order valence-corrected chi connectivity index (χ2v) is 7.40. The lowest BCUT2D eigenvalue weighted by Crippen LogP contribution is -2.29. The number of hydrogen-bond acceptors (Lipinski definition) is 5.